The molecule has 21 heavy (non-hydrogen) atoms. The van der Waals surface area contributed by atoms with Gasteiger partial charge in [-0.1, -0.05) is 0 Å². The van der Waals surface area contributed by atoms with Crippen LogP contribution in [0.5, 0.6) is 0 Å². The average molecular weight is 286 g/mol. The molecular formula is C15H18N4O2. The molecule has 6 heteroatoms. The number of rotatable bonds is 2. The lowest BCUT2D eigenvalue weighted by Crippen LogP contribution is -2.40. The summed E-state index contributed by atoms with van der Waals surface area (Å²) in [7, 11) is 0. The minimum atomic E-state index is -0.231. The van der Waals surface area contributed by atoms with Crippen molar-refractivity contribution in [3.05, 3.63) is 51.7 Å². The van der Waals surface area contributed by atoms with Gasteiger partial charge in [-0.2, -0.15) is 5.10 Å². The fraction of sp³-hybridized carbons (Fsp3) is 0.400. The standard InChI is InChI=1S/C15H18N4O2/c1-10-8-14(20)11(9-16-10)15(21)19-7-3-2-4-13(19)12-5-6-17-18-12/h5-6,8-9,13H,2-4,7H2,1H3,(H,16,20)(H,17,18). The van der Waals surface area contributed by atoms with Gasteiger partial charge in [-0.05, 0) is 32.3 Å². The van der Waals surface area contributed by atoms with Crippen LogP contribution in [0.2, 0.25) is 0 Å². The topological polar surface area (TPSA) is 81.8 Å². The smallest absolute Gasteiger partial charge is 0.259 e. The Morgan fingerprint density at radius 1 is 1.43 bits per heavy atom. The molecule has 0 radical (unpaired) electrons. The summed E-state index contributed by atoms with van der Waals surface area (Å²) in [6, 6.07) is 3.31. The zero-order valence-electron chi connectivity index (χ0n) is 11.9. The van der Waals surface area contributed by atoms with Crippen molar-refractivity contribution >= 4 is 5.91 Å². The number of piperidine rings is 1. The van der Waals surface area contributed by atoms with Crippen LogP contribution in [0, 0.1) is 6.92 Å². The maximum atomic E-state index is 12.7. The third kappa shape index (κ3) is 2.61. The lowest BCUT2D eigenvalue weighted by Gasteiger charge is -2.35. The van der Waals surface area contributed by atoms with Gasteiger partial charge in [-0.25, -0.2) is 0 Å². The van der Waals surface area contributed by atoms with Crippen LogP contribution in [0.25, 0.3) is 0 Å². The number of pyridine rings is 1. The molecule has 0 saturated carbocycles. The molecule has 3 heterocycles. The Kier molecular flexibility index (Phi) is 3.60. The zero-order chi connectivity index (χ0) is 14.8. The van der Waals surface area contributed by atoms with E-state index in [1.165, 1.54) is 12.3 Å². The highest BCUT2D eigenvalue weighted by Gasteiger charge is 2.30. The Balaban J connectivity index is 1.93. The quantitative estimate of drug-likeness (QED) is 0.882. The van der Waals surface area contributed by atoms with Gasteiger partial charge in [0.2, 0.25) is 0 Å². The van der Waals surface area contributed by atoms with E-state index in [4.69, 9.17) is 0 Å². The molecule has 1 aliphatic rings. The molecule has 6 nitrogen and oxygen atoms in total. The van der Waals surface area contributed by atoms with E-state index in [-0.39, 0.29) is 22.9 Å². The Bertz CT molecular complexity index is 690. The molecule has 1 aliphatic heterocycles. The summed E-state index contributed by atoms with van der Waals surface area (Å²) >= 11 is 0. The first kappa shape index (κ1) is 13.6. The van der Waals surface area contributed by atoms with Crippen molar-refractivity contribution in [2.45, 2.75) is 32.2 Å². The predicted octanol–water partition coefficient (Wildman–Crippen LogP) is 1.77. The van der Waals surface area contributed by atoms with Gasteiger partial charge in [-0.3, -0.25) is 14.7 Å². The Morgan fingerprint density at radius 3 is 3.00 bits per heavy atom. The lowest BCUT2D eigenvalue weighted by atomic mass is 9.98. The van der Waals surface area contributed by atoms with Crippen LogP contribution in [0.3, 0.4) is 0 Å². The number of carbonyl (C=O) groups excluding carboxylic acids is 1. The molecule has 2 aromatic heterocycles. The van der Waals surface area contributed by atoms with Crippen LogP contribution in [0.15, 0.2) is 29.3 Å². The molecule has 1 saturated heterocycles. The Morgan fingerprint density at radius 2 is 2.29 bits per heavy atom. The number of nitrogens with one attached hydrogen (secondary N) is 2. The second-order valence-electron chi connectivity index (χ2n) is 5.42. The van der Waals surface area contributed by atoms with Gasteiger partial charge in [0.15, 0.2) is 5.43 Å². The molecule has 1 amide bonds. The summed E-state index contributed by atoms with van der Waals surface area (Å²) in [5.74, 6) is -0.212. The van der Waals surface area contributed by atoms with E-state index in [0.29, 0.717) is 6.54 Å². The summed E-state index contributed by atoms with van der Waals surface area (Å²) in [6.07, 6.45) is 6.11. The number of aryl methyl sites for hydroxylation is 1. The van der Waals surface area contributed by atoms with E-state index in [1.54, 1.807) is 18.0 Å². The number of hydrogen-bond acceptors (Lipinski definition) is 3. The maximum absolute atomic E-state index is 12.7. The molecule has 2 aromatic rings. The summed E-state index contributed by atoms with van der Waals surface area (Å²) < 4.78 is 0. The fourth-order valence-corrected chi connectivity index (χ4v) is 2.85. The van der Waals surface area contributed by atoms with Gasteiger partial charge in [0.25, 0.3) is 5.91 Å². The SMILES string of the molecule is Cc1cc(=O)c(C(=O)N2CCCCC2c2ccn[nH]2)c[nH]1. The highest BCUT2D eigenvalue weighted by atomic mass is 16.2. The van der Waals surface area contributed by atoms with Gasteiger partial charge in [0.05, 0.1) is 11.7 Å². The fourth-order valence-electron chi connectivity index (χ4n) is 2.85. The van der Waals surface area contributed by atoms with Crippen molar-refractivity contribution in [1.82, 2.24) is 20.1 Å². The summed E-state index contributed by atoms with van der Waals surface area (Å²) in [5, 5.41) is 6.90. The van der Waals surface area contributed by atoms with Gasteiger partial charge >= 0.3 is 0 Å². The summed E-state index contributed by atoms with van der Waals surface area (Å²) in [6.45, 7) is 2.46. The van der Waals surface area contributed by atoms with E-state index in [9.17, 15) is 9.59 Å². The second-order valence-corrected chi connectivity index (χ2v) is 5.42. The van der Waals surface area contributed by atoms with Crippen LogP contribution in [0.1, 0.15) is 47.1 Å². The van der Waals surface area contributed by atoms with Crippen LogP contribution < -0.4 is 5.43 Å². The predicted molar refractivity (Wildman–Crippen MR) is 78.0 cm³/mol. The number of carbonyl (C=O) groups is 1. The van der Waals surface area contributed by atoms with Crippen molar-refractivity contribution in [3.8, 4) is 0 Å². The van der Waals surface area contributed by atoms with E-state index < -0.39 is 0 Å². The first-order valence-corrected chi connectivity index (χ1v) is 7.16. The Labute approximate surface area is 122 Å². The van der Waals surface area contributed by atoms with Crippen molar-refractivity contribution in [2.75, 3.05) is 6.54 Å². The molecule has 0 spiro atoms. The molecule has 0 aliphatic carbocycles. The number of H-pyrrole nitrogens is 2. The molecule has 3 rings (SSSR count). The number of nitrogens with zero attached hydrogens (tertiary/aromatic N) is 2. The van der Waals surface area contributed by atoms with Crippen molar-refractivity contribution in [3.63, 3.8) is 0 Å². The minimum Gasteiger partial charge on any atom is -0.364 e. The van der Waals surface area contributed by atoms with E-state index in [0.717, 1.165) is 30.7 Å². The molecular weight excluding hydrogens is 268 g/mol. The number of aromatic amines is 2. The van der Waals surface area contributed by atoms with Gasteiger partial charge in [-0.15, -0.1) is 0 Å². The van der Waals surface area contributed by atoms with Crippen molar-refractivity contribution < 1.29 is 4.79 Å². The third-order valence-corrected chi connectivity index (χ3v) is 3.93. The van der Waals surface area contributed by atoms with Crippen LogP contribution in [-0.2, 0) is 0 Å². The number of aromatic nitrogens is 3. The second kappa shape index (κ2) is 5.55. The minimum absolute atomic E-state index is 0.0329. The highest BCUT2D eigenvalue weighted by molar-refractivity contribution is 5.94. The number of likely N-dealkylation sites (tertiary alicyclic amines) is 1. The van der Waals surface area contributed by atoms with Crippen LogP contribution in [-0.4, -0.2) is 32.5 Å². The van der Waals surface area contributed by atoms with Crippen LogP contribution >= 0.6 is 0 Å². The van der Waals surface area contributed by atoms with Gasteiger partial charge in [0.1, 0.15) is 5.56 Å². The van der Waals surface area contributed by atoms with Gasteiger partial charge < -0.3 is 9.88 Å². The number of amides is 1. The zero-order valence-corrected chi connectivity index (χ0v) is 11.9. The van der Waals surface area contributed by atoms with E-state index >= 15 is 0 Å². The van der Waals surface area contributed by atoms with Gasteiger partial charge in [0, 0.05) is 30.7 Å². The van der Waals surface area contributed by atoms with E-state index in [1.807, 2.05) is 6.07 Å². The summed E-state index contributed by atoms with van der Waals surface area (Å²) in [5.41, 5.74) is 1.64. The molecule has 0 bridgehead atoms. The molecule has 1 atom stereocenters. The largest absolute Gasteiger partial charge is 0.364 e. The molecule has 1 unspecified atom stereocenters. The normalized spacial score (nSPS) is 18.7. The van der Waals surface area contributed by atoms with Crippen molar-refractivity contribution in [2.24, 2.45) is 0 Å². The molecule has 1 fully saturated rings. The third-order valence-electron chi connectivity index (χ3n) is 3.93. The molecule has 0 aromatic carbocycles. The molecule has 110 valence electrons. The lowest BCUT2D eigenvalue weighted by molar-refractivity contribution is 0.0604. The van der Waals surface area contributed by atoms with Crippen molar-refractivity contribution in [1.29, 1.82) is 0 Å². The molecule has 2 N–H and O–H groups in total. The maximum Gasteiger partial charge on any atom is 0.259 e. The van der Waals surface area contributed by atoms with E-state index in [2.05, 4.69) is 15.2 Å². The van der Waals surface area contributed by atoms with Crippen LogP contribution in [0.4, 0.5) is 0 Å². The monoisotopic (exact) mass is 286 g/mol. The number of hydrogen-bond donors (Lipinski definition) is 2. The Hall–Kier alpha value is -2.37. The first-order chi connectivity index (χ1) is 10.2. The first-order valence-electron chi connectivity index (χ1n) is 7.16. The summed E-state index contributed by atoms with van der Waals surface area (Å²) in [4.78, 5) is 29.5. The average Bonchev–Trinajstić information content (AvgIpc) is 3.01. The highest BCUT2D eigenvalue weighted by Crippen LogP contribution is 2.30.